The maximum atomic E-state index is 5.74. The van der Waals surface area contributed by atoms with E-state index in [4.69, 9.17) is 9.47 Å². The van der Waals surface area contributed by atoms with E-state index in [2.05, 4.69) is 54.7 Å². The van der Waals surface area contributed by atoms with Crippen LogP contribution in [0.15, 0.2) is 42.5 Å². The molecule has 0 spiro atoms. The summed E-state index contributed by atoms with van der Waals surface area (Å²) in [5.41, 5.74) is 4.13. The van der Waals surface area contributed by atoms with Gasteiger partial charge in [-0.25, -0.2) is 0 Å². The summed E-state index contributed by atoms with van der Waals surface area (Å²) in [6.45, 7) is 4.00. The topological polar surface area (TPSA) is 30.5 Å². The maximum absolute atomic E-state index is 5.74. The molecule has 0 aromatic heterocycles. The molecule has 0 fully saturated rings. The molecule has 1 aliphatic heterocycles. The van der Waals surface area contributed by atoms with Crippen molar-refractivity contribution in [2.24, 2.45) is 0 Å². The Bertz CT molecular complexity index is 651. The average Bonchev–Trinajstić information content (AvgIpc) is 2.63. The van der Waals surface area contributed by atoms with Crippen molar-refractivity contribution >= 4 is 0 Å². The molecule has 1 unspecified atom stereocenters. The summed E-state index contributed by atoms with van der Waals surface area (Å²) in [4.78, 5) is 0. The van der Waals surface area contributed by atoms with Gasteiger partial charge in [0.15, 0.2) is 0 Å². The number of rotatable bonds is 7. The molecule has 128 valence electrons. The number of methoxy groups -OCH3 is 1. The summed E-state index contributed by atoms with van der Waals surface area (Å²) >= 11 is 0. The molecule has 0 saturated heterocycles. The van der Waals surface area contributed by atoms with E-state index in [9.17, 15) is 0 Å². The van der Waals surface area contributed by atoms with Gasteiger partial charge in [-0.3, -0.25) is 0 Å². The number of ether oxygens (including phenoxy) is 2. The highest BCUT2D eigenvalue weighted by Gasteiger charge is 2.20. The van der Waals surface area contributed by atoms with Crippen LogP contribution in [-0.4, -0.2) is 20.3 Å². The van der Waals surface area contributed by atoms with E-state index < -0.39 is 0 Å². The molecule has 3 rings (SSSR count). The minimum Gasteiger partial charge on any atom is -0.497 e. The fourth-order valence-corrected chi connectivity index (χ4v) is 3.23. The first-order chi connectivity index (χ1) is 11.8. The zero-order valence-corrected chi connectivity index (χ0v) is 14.7. The lowest BCUT2D eigenvalue weighted by Crippen LogP contribution is -2.31. The van der Waals surface area contributed by atoms with Crippen LogP contribution in [-0.2, 0) is 12.8 Å². The number of benzene rings is 2. The maximum Gasteiger partial charge on any atom is 0.119 e. The van der Waals surface area contributed by atoms with Crippen molar-refractivity contribution in [1.82, 2.24) is 5.32 Å². The van der Waals surface area contributed by atoms with Gasteiger partial charge in [-0.1, -0.05) is 31.5 Å². The van der Waals surface area contributed by atoms with Gasteiger partial charge in [0, 0.05) is 6.04 Å². The van der Waals surface area contributed by atoms with E-state index in [-0.39, 0.29) is 0 Å². The normalized spacial score (nSPS) is 16.5. The fraction of sp³-hybridized carbons (Fsp3) is 0.429. The van der Waals surface area contributed by atoms with E-state index >= 15 is 0 Å². The van der Waals surface area contributed by atoms with Crippen LogP contribution in [0.2, 0.25) is 0 Å². The lowest BCUT2D eigenvalue weighted by Gasteiger charge is -2.27. The van der Waals surface area contributed by atoms with Crippen molar-refractivity contribution in [3.63, 3.8) is 0 Å². The Kier molecular flexibility index (Phi) is 5.76. The van der Waals surface area contributed by atoms with E-state index in [1.807, 2.05) is 0 Å². The third kappa shape index (κ3) is 4.09. The van der Waals surface area contributed by atoms with Gasteiger partial charge < -0.3 is 14.8 Å². The molecule has 2 aromatic rings. The van der Waals surface area contributed by atoms with Gasteiger partial charge >= 0.3 is 0 Å². The van der Waals surface area contributed by atoms with Crippen molar-refractivity contribution in [3.05, 3.63) is 59.2 Å². The quantitative estimate of drug-likeness (QED) is 0.770. The van der Waals surface area contributed by atoms with Gasteiger partial charge in [-0.2, -0.15) is 0 Å². The standard InChI is InChI=1S/C21H27NO2/c1-3-4-13-24-18-7-5-16(6-8-18)14-21-20-10-9-19(23-2)15-17(20)11-12-22-21/h5-10,15,21-22H,3-4,11-14H2,1-2H3. The summed E-state index contributed by atoms with van der Waals surface area (Å²) in [5, 5.41) is 3.65. The van der Waals surface area contributed by atoms with Gasteiger partial charge in [-0.15, -0.1) is 0 Å². The number of unbranched alkanes of at least 4 members (excludes halogenated alkanes) is 1. The zero-order valence-electron chi connectivity index (χ0n) is 14.7. The second-order valence-corrected chi connectivity index (χ2v) is 6.37. The lowest BCUT2D eigenvalue weighted by atomic mass is 9.90. The zero-order chi connectivity index (χ0) is 16.8. The highest BCUT2D eigenvalue weighted by molar-refractivity contribution is 5.40. The number of nitrogens with one attached hydrogen (secondary N) is 1. The first kappa shape index (κ1) is 16.8. The second-order valence-electron chi connectivity index (χ2n) is 6.37. The van der Waals surface area contributed by atoms with Crippen molar-refractivity contribution < 1.29 is 9.47 Å². The van der Waals surface area contributed by atoms with Crippen LogP contribution >= 0.6 is 0 Å². The SMILES string of the molecule is CCCCOc1ccc(CC2NCCc3cc(OC)ccc32)cc1. The third-order valence-corrected chi connectivity index (χ3v) is 4.64. The Morgan fingerprint density at radius 3 is 2.62 bits per heavy atom. The fourth-order valence-electron chi connectivity index (χ4n) is 3.23. The molecule has 0 saturated carbocycles. The molecule has 3 nitrogen and oxygen atoms in total. The monoisotopic (exact) mass is 325 g/mol. The van der Waals surface area contributed by atoms with Crippen molar-refractivity contribution in [3.8, 4) is 11.5 Å². The Hall–Kier alpha value is -2.00. The Labute approximate surface area is 145 Å². The summed E-state index contributed by atoms with van der Waals surface area (Å²) in [6.07, 6.45) is 4.32. The van der Waals surface area contributed by atoms with Gasteiger partial charge in [0.2, 0.25) is 0 Å². The number of fused-ring (bicyclic) bond motifs is 1. The van der Waals surface area contributed by atoms with Gasteiger partial charge in [0.25, 0.3) is 0 Å². The molecule has 24 heavy (non-hydrogen) atoms. The molecule has 0 bridgehead atoms. The lowest BCUT2D eigenvalue weighted by molar-refractivity contribution is 0.309. The van der Waals surface area contributed by atoms with Crippen LogP contribution in [0.3, 0.4) is 0 Å². The first-order valence-corrected chi connectivity index (χ1v) is 8.92. The summed E-state index contributed by atoms with van der Waals surface area (Å²) in [6, 6.07) is 15.3. The van der Waals surface area contributed by atoms with Gasteiger partial charge in [0.1, 0.15) is 11.5 Å². The van der Waals surface area contributed by atoms with E-state index in [1.54, 1.807) is 7.11 Å². The van der Waals surface area contributed by atoms with Crippen LogP contribution in [0.5, 0.6) is 11.5 Å². The minimum atomic E-state index is 0.367. The Morgan fingerprint density at radius 2 is 1.88 bits per heavy atom. The molecule has 1 N–H and O–H groups in total. The summed E-state index contributed by atoms with van der Waals surface area (Å²) in [7, 11) is 1.73. The minimum absolute atomic E-state index is 0.367. The predicted octanol–water partition coefficient (Wildman–Crippen LogP) is 4.30. The summed E-state index contributed by atoms with van der Waals surface area (Å²) in [5.74, 6) is 1.91. The second kappa shape index (κ2) is 8.20. The molecule has 0 radical (unpaired) electrons. The summed E-state index contributed by atoms with van der Waals surface area (Å²) < 4.78 is 11.1. The van der Waals surface area contributed by atoms with Crippen molar-refractivity contribution in [2.75, 3.05) is 20.3 Å². The van der Waals surface area contributed by atoms with Crippen LogP contribution in [0.4, 0.5) is 0 Å². The van der Waals surface area contributed by atoms with Gasteiger partial charge in [-0.05, 0) is 66.8 Å². The largest absolute Gasteiger partial charge is 0.497 e. The van der Waals surface area contributed by atoms with Gasteiger partial charge in [0.05, 0.1) is 13.7 Å². The molecule has 1 atom stereocenters. The molecular formula is C21H27NO2. The molecule has 1 heterocycles. The Morgan fingerprint density at radius 1 is 1.08 bits per heavy atom. The van der Waals surface area contributed by atoms with E-state index in [0.29, 0.717) is 6.04 Å². The highest BCUT2D eigenvalue weighted by atomic mass is 16.5. The van der Waals surface area contributed by atoms with Crippen molar-refractivity contribution in [1.29, 1.82) is 0 Å². The van der Waals surface area contributed by atoms with Crippen molar-refractivity contribution in [2.45, 2.75) is 38.6 Å². The molecule has 0 amide bonds. The Balaban J connectivity index is 1.66. The van der Waals surface area contributed by atoms with Crippen LogP contribution in [0.1, 0.15) is 42.5 Å². The van der Waals surface area contributed by atoms with Crippen LogP contribution in [0, 0.1) is 0 Å². The number of hydrogen-bond donors (Lipinski definition) is 1. The van der Waals surface area contributed by atoms with E-state index in [0.717, 1.165) is 50.3 Å². The smallest absolute Gasteiger partial charge is 0.119 e. The third-order valence-electron chi connectivity index (χ3n) is 4.64. The van der Waals surface area contributed by atoms with Crippen LogP contribution < -0.4 is 14.8 Å². The average molecular weight is 325 g/mol. The van der Waals surface area contributed by atoms with Crippen LogP contribution in [0.25, 0.3) is 0 Å². The highest BCUT2D eigenvalue weighted by Crippen LogP contribution is 2.29. The van der Waals surface area contributed by atoms with E-state index in [1.165, 1.54) is 16.7 Å². The molecule has 0 aliphatic carbocycles. The molecule has 1 aliphatic rings. The number of hydrogen-bond acceptors (Lipinski definition) is 3. The molecule has 2 aromatic carbocycles. The predicted molar refractivity (Wildman–Crippen MR) is 98.0 cm³/mol. The first-order valence-electron chi connectivity index (χ1n) is 8.92. The molecule has 3 heteroatoms. The molecular weight excluding hydrogens is 298 g/mol.